The lowest BCUT2D eigenvalue weighted by Gasteiger charge is -2.30. The highest BCUT2D eigenvalue weighted by Crippen LogP contribution is 2.37. The zero-order valence-corrected chi connectivity index (χ0v) is 20.3. The normalized spacial score (nSPS) is 12.6. The molecule has 0 bridgehead atoms. The molecule has 1 aromatic heterocycles. The van der Waals surface area contributed by atoms with Gasteiger partial charge in [-0.15, -0.1) is 0 Å². The van der Waals surface area contributed by atoms with Gasteiger partial charge in [-0.2, -0.15) is 0 Å². The second-order valence-electron chi connectivity index (χ2n) is 8.21. The lowest BCUT2D eigenvalue weighted by Crippen LogP contribution is -2.38. The van der Waals surface area contributed by atoms with E-state index in [2.05, 4.69) is 15.3 Å². The number of rotatable bonds is 6. The van der Waals surface area contributed by atoms with Crippen LogP contribution in [0.2, 0.25) is 0 Å². The van der Waals surface area contributed by atoms with Crippen LogP contribution in [0.1, 0.15) is 12.0 Å². The highest BCUT2D eigenvalue weighted by molar-refractivity contribution is 6.02. The van der Waals surface area contributed by atoms with E-state index in [0.29, 0.717) is 52.0 Å². The molecule has 0 fully saturated rings. The van der Waals surface area contributed by atoms with Gasteiger partial charge in [-0.05, 0) is 54.8 Å². The zero-order valence-electron chi connectivity index (χ0n) is 20.3. The molecule has 0 saturated heterocycles. The lowest BCUT2D eigenvalue weighted by molar-refractivity contribution is 0.256. The van der Waals surface area contributed by atoms with Gasteiger partial charge in [0.05, 0.1) is 32.2 Å². The number of anilines is 2. The fraction of sp³-hybridized carbons (Fsp3) is 0.222. The fourth-order valence-electron chi connectivity index (χ4n) is 4.29. The van der Waals surface area contributed by atoms with Gasteiger partial charge >= 0.3 is 6.03 Å². The second kappa shape index (κ2) is 9.99. The van der Waals surface area contributed by atoms with Crippen LogP contribution in [0, 0.1) is 0 Å². The second-order valence-corrected chi connectivity index (χ2v) is 8.21. The van der Waals surface area contributed by atoms with Crippen LogP contribution >= 0.6 is 0 Å². The monoisotopic (exact) mass is 486 g/mol. The van der Waals surface area contributed by atoms with Crippen LogP contribution in [-0.2, 0) is 6.42 Å². The maximum Gasteiger partial charge on any atom is 0.326 e. The molecule has 2 amide bonds. The van der Waals surface area contributed by atoms with Crippen molar-refractivity contribution >= 4 is 28.3 Å². The molecule has 9 heteroatoms. The van der Waals surface area contributed by atoms with Crippen molar-refractivity contribution in [2.75, 3.05) is 38.1 Å². The van der Waals surface area contributed by atoms with Crippen molar-refractivity contribution in [3.05, 3.63) is 66.5 Å². The molecule has 0 atom stereocenters. The number of methoxy groups -OCH3 is 3. The number of hydrogen-bond acceptors (Lipinski definition) is 7. The van der Waals surface area contributed by atoms with Gasteiger partial charge in [0.15, 0.2) is 11.5 Å². The highest BCUT2D eigenvalue weighted by atomic mass is 16.5. The van der Waals surface area contributed by atoms with Crippen molar-refractivity contribution in [3.63, 3.8) is 0 Å². The summed E-state index contributed by atoms with van der Waals surface area (Å²) in [6.45, 7) is 0.626. The largest absolute Gasteiger partial charge is 0.497 e. The first kappa shape index (κ1) is 23.2. The van der Waals surface area contributed by atoms with Crippen molar-refractivity contribution in [3.8, 4) is 28.9 Å². The van der Waals surface area contributed by atoms with Crippen LogP contribution in [0.25, 0.3) is 10.9 Å². The molecule has 0 saturated carbocycles. The van der Waals surface area contributed by atoms with Gasteiger partial charge in [0.25, 0.3) is 0 Å². The van der Waals surface area contributed by atoms with Gasteiger partial charge in [0.2, 0.25) is 5.88 Å². The standard InChI is InChI=1S/C27H26N4O5/c1-33-19-8-4-7-18(13-19)30-27(32)31-11-5-6-17-12-20(9-10-23(17)31)36-26-21-14-24(34-2)25(35-3)15-22(21)28-16-29-26/h4,7-10,12-16H,5-6,11H2,1-3H3,(H,30,32). The minimum Gasteiger partial charge on any atom is -0.497 e. The number of ether oxygens (including phenoxy) is 4. The molecule has 0 spiro atoms. The molecule has 36 heavy (non-hydrogen) atoms. The molecule has 1 N–H and O–H groups in total. The predicted molar refractivity (Wildman–Crippen MR) is 137 cm³/mol. The lowest BCUT2D eigenvalue weighted by atomic mass is 10.0. The van der Waals surface area contributed by atoms with E-state index >= 15 is 0 Å². The molecular formula is C27H26N4O5. The van der Waals surface area contributed by atoms with Gasteiger partial charge in [-0.3, -0.25) is 4.90 Å². The van der Waals surface area contributed by atoms with Gasteiger partial charge in [0, 0.05) is 30.1 Å². The van der Waals surface area contributed by atoms with Gasteiger partial charge in [-0.1, -0.05) is 6.07 Å². The summed E-state index contributed by atoms with van der Waals surface area (Å²) in [6.07, 6.45) is 3.13. The van der Waals surface area contributed by atoms with Gasteiger partial charge in [-0.25, -0.2) is 14.8 Å². The van der Waals surface area contributed by atoms with E-state index in [1.165, 1.54) is 6.33 Å². The van der Waals surface area contributed by atoms with Crippen LogP contribution in [-0.4, -0.2) is 43.9 Å². The molecule has 184 valence electrons. The van der Waals surface area contributed by atoms with Crippen LogP contribution in [0.5, 0.6) is 28.9 Å². The molecular weight excluding hydrogens is 460 g/mol. The quantitative estimate of drug-likeness (QED) is 0.388. The molecule has 5 rings (SSSR count). The number of carbonyl (C=O) groups is 1. The molecule has 1 aliphatic heterocycles. The van der Waals surface area contributed by atoms with Crippen LogP contribution < -0.4 is 29.2 Å². The number of carbonyl (C=O) groups excluding carboxylic acids is 1. The summed E-state index contributed by atoms with van der Waals surface area (Å²) in [4.78, 5) is 23.5. The third kappa shape index (κ3) is 4.55. The first-order chi connectivity index (χ1) is 17.6. The summed E-state index contributed by atoms with van der Waals surface area (Å²) in [5.41, 5.74) is 3.23. The summed E-state index contributed by atoms with van der Waals surface area (Å²) < 4.78 is 22.2. The molecule has 4 aromatic rings. The van der Waals surface area contributed by atoms with Crippen molar-refractivity contribution in [2.45, 2.75) is 12.8 Å². The summed E-state index contributed by atoms with van der Waals surface area (Å²) in [5, 5.41) is 3.66. The van der Waals surface area contributed by atoms with Crippen molar-refractivity contribution in [2.24, 2.45) is 0 Å². The van der Waals surface area contributed by atoms with E-state index in [9.17, 15) is 4.79 Å². The number of hydrogen-bond donors (Lipinski definition) is 1. The van der Waals surface area contributed by atoms with E-state index in [1.807, 2.05) is 36.4 Å². The zero-order chi connectivity index (χ0) is 25.1. The summed E-state index contributed by atoms with van der Waals surface area (Å²) in [6, 6.07) is 16.4. The van der Waals surface area contributed by atoms with Crippen LogP contribution in [0.3, 0.4) is 0 Å². The minimum atomic E-state index is -0.194. The molecule has 1 aliphatic rings. The Kier molecular flexibility index (Phi) is 6.44. The molecule has 2 heterocycles. The average molecular weight is 487 g/mol. The number of nitrogens with zero attached hydrogens (tertiary/aromatic N) is 3. The predicted octanol–water partition coefficient (Wildman–Crippen LogP) is 5.43. The Balaban J connectivity index is 1.40. The van der Waals surface area contributed by atoms with E-state index in [4.69, 9.17) is 18.9 Å². The van der Waals surface area contributed by atoms with E-state index in [0.717, 1.165) is 24.1 Å². The Hall–Kier alpha value is -4.53. The van der Waals surface area contributed by atoms with Gasteiger partial charge < -0.3 is 24.3 Å². The Morgan fingerprint density at radius 3 is 2.56 bits per heavy atom. The molecule has 0 unspecified atom stereocenters. The maximum atomic E-state index is 13.1. The summed E-state index contributed by atoms with van der Waals surface area (Å²) in [5.74, 6) is 2.85. The average Bonchev–Trinajstić information content (AvgIpc) is 2.92. The van der Waals surface area contributed by atoms with E-state index in [-0.39, 0.29) is 6.03 Å². The third-order valence-corrected chi connectivity index (χ3v) is 6.05. The number of aromatic nitrogens is 2. The Bertz CT molecular complexity index is 1420. The molecule has 9 nitrogen and oxygen atoms in total. The smallest absolute Gasteiger partial charge is 0.326 e. The van der Waals surface area contributed by atoms with Crippen molar-refractivity contribution < 1.29 is 23.7 Å². The number of benzene rings is 3. The number of aryl methyl sites for hydroxylation is 1. The van der Waals surface area contributed by atoms with E-state index < -0.39 is 0 Å². The fourth-order valence-corrected chi connectivity index (χ4v) is 4.29. The number of amides is 2. The first-order valence-electron chi connectivity index (χ1n) is 11.5. The maximum absolute atomic E-state index is 13.1. The number of nitrogens with one attached hydrogen (secondary N) is 1. The molecule has 0 aliphatic carbocycles. The summed E-state index contributed by atoms with van der Waals surface area (Å²) in [7, 11) is 4.75. The van der Waals surface area contributed by atoms with Crippen molar-refractivity contribution in [1.29, 1.82) is 0 Å². The molecule has 0 radical (unpaired) electrons. The minimum absolute atomic E-state index is 0.194. The highest BCUT2D eigenvalue weighted by Gasteiger charge is 2.23. The van der Waals surface area contributed by atoms with Crippen LogP contribution in [0.4, 0.5) is 16.2 Å². The third-order valence-electron chi connectivity index (χ3n) is 6.05. The Labute approximate surface area is 208 Å². The Morgan fingerprint density at radius 1 is 0.917 bits per heavy atom. The van der Waals surface area contributed by atoms with Gasteiger partial charge in [0.1, 0.15) is 17.8 Å². The van der Waals surface area contributed by atoms with Crippen LogP contribution in [0.15, 0.2) is 60.9 Å². The first-order valence-corrected chi connectivity index (χ1v) is 11.5. The number of fused-ring (bicyclic) bond motifs is 2. The summed E-state index contributed by atoms with van der Waals surface area (Å²) >= 11 is 0. The van der Waals surface area contributed by atoms with Crippen molar-refractivity contribution in [1.82, 2.24) is 9.97 Å². The SMILES string of the molecule is COc1cccc(NC(=O)N2CCCc3cc(Oc4ncnc5cc(OC)c(OC)cc45)ccc32)c1. The Morgan fingerprint density at radius 2 is 1.75 bits per heavy atom. The number of urea groups is 1. The molecule has 3 aromatic carbocycles. The van der Waals surface area contributed by atoms with E-state index in [1.54, 1.807) is 44.4 Å². The topological polar surface area (TPSA) is 95.0 Å².